The Morgan fingerprint density at radius 2 is 2.29 bits per heavy atom. The predicted octanol–water partition coefficient (Wildman–Crippen LogP) is 2.01. The topological polar surface area (TPSA) is 68.5 Å². The highest BCUT2D eigenvalue weighted by Gasteiger charge is 2.42. The summed E-state index contributed by atoms with van der Waals surface area (Å²) in [7, 11) is 0. The van der Waals surface area contributed by atoms with Crippen molar-refractivity contribution in [2.75, 3.05) is 31.2 Å². The number of rotatable bonds is 2. The molecule has 2 aromatic rings. The number of thiazole rings is 1. The Bertz CT molecular complexity index is 708. The standard InChI is InChI=1S/C15H17N3O2S/c16-13(19)10-3-1-4-11-12(10)17-14(21-11)18-6-2-5-15(7-18)8-20-9-15/h1,3-4H,2,5-9H2,(H2,16,19). The number of nitrogens with two attached hydrogens (primary N) is 1. The molecule has 2 N–H and O–H groups in total. The van der Waals surface area contributed by atoms with Crippen LogP contribution in [-0.4, -0.2) is 37.2 Å². The fourth-order valence-electron chi connectivity index (χ4n) is 3.27. The Balaban J connectivity index is 1.70. The van der Waals surface area contributed by atoms with Gasteiger partial charge in [-0.1, -0.05) is 17.4 Å². The second-order valence-electron chi connectivity index (χ2n) is 6.03. The van der Waals surface area contributed by atoms with E-state index in [1.807, 2.05) is 12.1 Å². The van der Waals surface area contributed by atoms with Crippen LogP contribution in [0, 0.1) is 5.41 Å². The summed E-state index contributed by atoms with van der Waals surface area (Å²) in [4.78, 5) is 18.5. The molecule has 2 saturated heterocycles. The van der Waals surface area contributed by atoms with E-state index in [0.29, 0.717) is 11.0 Å². The van der Waals surface area contributed by atoms with Gasteiger partial charge in [0.1, 0.15) is 0 Å². The van der Waals surface area contributed by atoms with Crippen molar-refractivity contribution >= 4 is 32.6 Å². The Kier molecular flexibility index (Phi) is 2.90. The molecule has 2 aliphatic rings. The highest BCUT2D eigenvalue weighted by molar-refractivity contribution is 7.22. The summed E-state index contributed by atoms with van der Waals surface area (Å²) in [5.41, 5.74) is 7.00. The van der Waals surface area contributed by atoms with Crippen molar-refractivity contribution in [1.29, 1.82) is 0 Å². The van der Waals surface area contributed by atoms with Crippen molar-refractivity contribution in [2.45, 2.75) is 12.8 Å². The lowest BCUT2D eigenvalue weighted by atomic mass is 9.78. The summed E-state index contributed by atoms with van der Waals surface area (Å²) in [6, 6.07) is 5.60. The fraction of sp³-hybridized carbons (Fsp3) is 0.467. The Morgan fingerprint density at radius 3 is 3.00 bits per heavy atom. The molecule has 0 radical (unpaired) electrons. The molecule has 1 amide bonds. The summed E-state index contributed by atoms with van der Waals surface area (Å²) in [5, 5.41) is 0.990. The molecule has 2 aliphatic heterocycles. The van der Waals surface area contributed by atoms with E-state index >= 15 is 0 Å². The van der Waals surface area contributed by atoms with E-state index in [0.717, 1.165) is 41.7 Å². The van der Waals surface area contributed by atoms with Gasteiger partial charge >= 0.3 is 0 Å². The third kappa shape index (κ3) is 2.10. The SMILES string of the molecule is NC(=O)c1cccc2sc(N3CCCC4(COC4)C3)nc12. The van der Waals surface area contributed by atoms with Crippen molar-refractivity contribution < 1.29 is 9.53 Å². The Labute approximate surface area is 126 Å². The first-order valence-electron chi connectivity index (χ1n) is 7.19. The van der Waals surface area contributed by atoms with Crippen LogP contribution in [-0.2, 0) is 4.74 Å². The molecule has 21 heavy (non-hydrogen) atoms. The normalized spacial score (nSPS) is 20.7. The first-order valence-corrected chi connectivity index (χ1v) is 8.01. The summed E-state index contributed by atoms with van der Waals surface area (Å²) in [6.45, 7) is 3.74. The molecule has 5 nitrogen and oxygen atoms in total. The second kappa shape index (κ2) is 4.68. The average Bonchev–Trinajstić information content (AvgIpc) is 2.89. The highest BCUT2D eigenvalue weighted by atomic mass is 32.1. The van der Waals surface area contributed by atoms with Crippen molar-refractivity contribution in [3.05, 3.63) is 23.8 Å². The number of nitrogens with zero attached hydrogens (tertiary/aromatic N) is 2. The maximum absolute atomic E-state index is 11.5. The number of aromatic nitrogens is 1. The number of fused-ring (bicyclic) bond motifs is 1. The van der Waals surface area contributed by atoms with Crippen LogP contribution >= 0.6 is 11.3 Å². The molecule has 1 spiro atoms. The van der Waals surface area contributed by atoms with E-state index in [2.05, 4.69) is 9.88 Å². The van der Waals surface area contributed by atoms with Gasteiger partial charge in [-0.05, 0) is 25.0 Å². The number of hydrogen-bond donors (Lipinski definition) is 1. The van der Waals surface area contributed by atoms with Crippen LogP contribution in [0.15, 0.2) is 18.2 Å². The van der Waals surface area contributed by atoms with E-state index in [1.165, 1.54) is 12.8 Å². The van der Waals surface area contributed by atoms with Crippen molar-refractivity contribution in [3.8, 4) is 0 Å². The highest BCUT2D eigenvalue weighted by Crippen LogP contribution is 2.40. The number of ether oxygens (including phenoxy) is 1. The van der Waals surface area contributed by atoms with Crippen LogP contribution in [0.2, 0.25) is 0 Å². The molecular formula is C15H17N3O2S. The molecule has 0 saturated carbocycles. The molecule has 3 heterocycles. The smallest absolute Gasteiger partial charge is 0.250 e. The van der Waals surface area contributed by atoms with E-state index < -0.39 is 5.91 Å². The molecule has 2 fully saturated rings. The molecule has 110 valence electrons. The number of carbonyl (C=O) groups is 1. The lowest BCUT2D eigenvalue weighted by Gasteiger charge is -2.48. The third-order valence-corrected chi connectivity index (χ3v) is 5.50. The first kappa shape index (κ1) is 13.0. The van der Waals surface area contributed by atoms with Gasteiger partial charge in [-0.15, -0.1) is 0 Å². The van der Waals surface area contributed by atoms with Gasteiger partial charge in [0.25, 0.3) is 5.91 Å². The third-order valence-electron chi connectivity index (χ3n) is 4.42. The number of amides is 1. The number of para-hydroxylation sites is 1. The lowest BCUT2D eigenvalue weighted by molar-refractivity contribution is -0.117. The molecule has 0 aliphatic carbocycles. The number of primary amides is 1. The molecule has 0 unspecified atom stereocenters. The monoisotopic (exact) mass is 303 g/mol. The molecule has 6 heteroatoms. The molecule has 0 atom stereocenters. The summed E-state index contributed by atoms with van der Waals surface area (Å²) in [5.74, 6) is -0.417. The van der Waals surface area contributed by atoms with E-state index in [-0.39, 0.29) is 0 Å². The minimum atomic E-state index is -0.417. The van der Waals surface area contributed by atoms with Gasteiger partial charge in [-0.2, -0.15) is 0 Å². The van der Waals surface area contributed by atoms with Crippen molar-refractivity contribution in [2.24, 2.45) is 11.1 Å². The number of carbonyl (C=O) groups excluding carboxylic acids is 1. The summed E-state index contributed by atoms with van der Waals surface area (Å²) in [6.07, 6.45) is 2.41. The average molecular weight is 303 g/mol. The second-order valence-corrected chi connectivity index (χ2v) is 7.04. The van der Waals surface area contributed by atoms with Gasteiger partial charge < -0.3 is 15.4 Å². The van der Waals surface area contributed by atoms with E-state index in [4.69, 9.17) is 10.5 Å². The zero-order chi connectivity index (χ0) is 14.4. The minimum absolute atomic E-state index is 0.322. The number of hydrogen-bond acceptors (Lipinski definition) is 5. The number of piperidine rings is 1. The van der Waals surface area contributed by atoms with Gasteiger partial charge in [0.15, 0.2) is 5.13 Å². The molecule has 0 bridgehead atoms. The van der Waals surface area contributed by atoms with Crippen LogP contribution < -0.4 is 10.6 Å². The molecule has 1 aromatic carbocycles. The number of benzene rings is 1. The fourth-order valence-corrected chi connectivity index (χ4v) is 4.29. The Hall–Kier alpha value is -1.66. The molecule has 1 aromatic heterocycles. The van der Waals surface area contributed by atoms with Crippen LogP contribution in [0.1, 0.15) is 23.2 Å². The van der Waals surface area contributed by atoms with E-state index in [9.17, 15) is 4.79 Å². The maximum atomic E-state index is 11.5. The van der Waals surface area contributed by atoms with Crippen LogP contribution in [0.4, 0.5) is 5.13 Å². The number of anilines is 1. The predicted molar refractivity (Wildman–Crippen MR) is 82.8 cm³/mol. The van der Waals surface area contributed by atoms with Gasteiger partial charge in [-0.3, -0.25) is 4.79 Å². The van der Waals surface area contributed by atoms with Gasteiger partial charge in [0, 0.05) is 18.5 Å². The maximum Gasteiger partial charge on any atom is 0.250 e. The first-order chi connectivity index (χ1) is 10.2. The van der Waals surface area contributed by atoms with Crippen LogP contribution in [0.5, 0.6) is 0 Å². The van der Waals surface area contributed by atoms with Crippen LogP contribution in [0.3, 0.4) is 0 Å². The Morgan fingerprint density at radius 1 is 1.43 bits per heavy atom. The molecule has 4 rings (SSSR count). The lowest BCUT2D eigenvalue weighted by Crippen LogP contribution is -2.54. The van der Waals surface area contributed by atoms with Crippen molar-refractivity contribution in [3.63, 3.8) is 0 Å². The minimum Gasteiger partial charge on any atom is -0.380 e. The van der Waals surface area contributed by atoms with Crippen molar-refractivity contribution in [1.82, 2.24) is 4.98 Å². The quantitative estimate of drug-likeness (QED) is 0.921. The molecular weight excluding hydrogens is 286 g/mol. The van der Waals surface area contributed by atoms with Gasteiger partial charge in [0.2, 0.25) is 0 Å². The zero-order valence-corrected chi connectivity index (χ0v) is 12.5. The van der Waals surface area contributed by atoms with Crippen LogP contribution in [0.25, 0.3) is 10.2 Å². The zero-order valence-electron chi connectivity index (χ0n) is 11.7. The largest absolute Gasteiger partial charge is 0.380 e. The summed E-state index contributed by atoms with van der Waals surface area (Å²) < 4.78 is 6.42. The van der Waals surface area contributed by atoms with Gasteiger partial charge in [0.05, 0.1) is 29.0 Å². The van der Waals surface area contributed by atoms with E-state index in [1.54, 1.807) is 17.4 Å². The summed E-state index contributed by atoms with van der Waals surface area (Å²) >= 11 is 1.64. The van der Waals surface area contributed by atoms with Gasteiger partial charge in [-0.25, -0.2) is 4.98 Å².